The molecule has 5 rings (SSSR count). The predicted octanol–water partition coefficient (Wildman–Crippen LogP) is 6.76. The molecule has 1 saturated heterocycles. The fraction of sp³-hybridized carbons (Fsp3) is 0.0690. The fourth-order valence-electron chi connectivity index (χ4n) is 4.08. The minimum atomic E-state index is -0.579. The van der Waals surface area contributed by atoms with E-state index in [1.165, 1.54) is 12.1 Å². The van der Waals surface area contributed by atoms with Crippen molar-refractivity contribution in [3.63, 3.8) is 0 Å². The van der Waals surface area contributed by atoms with Crippen molar-refractivity contribution in [1.29, 1.82) is 0 Å². The summed E-state index contributed by atoms with van der Waals surface area (Å²) in [6, 6.07) is 24.3. The number of imide groups is 1. The van der Waals surface area contributed by atoms with E-state index in [0.29, 0.717) is 17.0 Å². The lowest BCUT2D eigenvalue weighted by Gasteiger charge is -2.14. The average molecular weight is 618 g/mol. The molecule has 0 aliphatic carbocycles. The molecule has 1 aliphatic heterocycles. The van der Waals surface area contributed by atoms with Gasteiger partial charge in [-0.2, -0.15) is 0 Å². The molecule has 200 valence electrons. The first-order chi connectivity index (χ1) is 19.3. The van der Waals surface area contributed by atoms with Crippen molar-refractivity contribution in [1.82, 2.24) is 4.90 Å². The molecule has 0 spiro atoms. The number of non-ortho nitro benzene ring substituents is 1. The van der Waals surface area contributed by atoms with Gasteiger partial charge >= 0.3 is 0 Å². The summed E-state index contributed by atoms with van der Waals surface area (Å²) in [5, 5.41) is 14.9. The summed E-state index contributed by atoms with van der Waals surface area (Å²) in [4.78, 5) is 50.1. The summed E-state index contributed by atoms with van der Waals surface area (Å²) in [5.74, 6) is -0.624. The molecular formula is C29H20BrN3O6S. The predicted molar refractivity (Wildman–Crippen MR) is 157 cm³/mol. The molecular weight excluding hydrogens is 598 g/mol. The number of carbonyl (C=O) groups excluding carboxylic acids is 3. The van der Waals surface area contributed by atoms with Crippen LogP contribution < -0.4 is 10.1 Å². The second-order valence-electron chi connectivity index (χ2n) is 8.74. The van der Waals surface area contributed by atoms with Gasteiger partial charge in [0.2, 0.25) is 5.91 Å². The number of benzene rings is 4. The van der Waals surface area contributed by atoms with Gasteiger partial charge < -0.3 is 10.1 Å². The monoisotopic (exact) mass is 617 g/mol. The molecule has 1 fully saturated rings. The third-order valence-electron chi connectivity index (χ3n) is 6.04. The van der Waals surface area contributed by atoms with Crippen LogP contribution >= 0.6 is 27.7 Å². The first-order valence-electron chi connectivity index (χ1n) is 12.0. The van der Waals surface area contributed by atoms with Gasteiger partial charge in [0.15, 0.2) is 0 Å². The van der Waals surface area contributed by atoms with Crippen LogP contribution in [0.1, 0.15) is 11.1 Å². The van der Waals surface area contributed by atoms with Crippen molar-refractivity contribution in [2.45, 2.75) is 6.61 Å². The summed E-state index contributed by atoms with van der Waals surface area (Å²) in [5.41, 5.74) is 1.84. The van der Waals surface area contributed by atoms with Crippen molar-refractivity contribution in [3.8, 4) is 5.75 Å². The van der Waals surface area contributed by atoms with Gasteiger partial charge in [-0.25, -0.2) is 0 Å². The van der Waals surface area contributed by atoms with Crippen molar-refractivity contribution < 1.29 is 24.0 Å². The maximum absolute atomic E-state index is 13.1. The highest BCUT2D eigenvalue weighted by molar-refractivity contribution is 9.10. The maximum atomic E-state index is 13.1. The lowest BCUT2D eigenvalue weighted by atomic mass is 10.1. The number of thioether (sulfide) groups is 1. The van der Waals surface area contributed by atoms with Crippen LogP contribution in [-0.2, 0) is 16.2 Å². The highest BCUT2D eigenvalue weighted by atomic mass is 79.9. The largest absolute Gasteiger partial charge is 0.488 e. The normalized spacial score (nSPS) is 14.1. The summed E-state index contributed by atoms with van der Waals surface area (Å²) in [6.07, 6.45) is 1.55. The number of nitro benzene ring substituents is 1. The van der Waals surface area contributed by atoms with E-state index in [4.69, 9.17) is 4.74 Å². The SMILES string of the molecule is O=C(CN1C(=O)S/C(=C\c2cc(Br)ccc2OCc2ccc([N+](=O)[O-])cc2)C1=O)Nc1cccc2ccccc12. The van der Waals surface area contributed by atoms with Crippen LogP contribution in [0.25, 0.3) is 16.8 Å². The Morgan fingerprint density at radius 1 is 1.02 bits per heavy atom. The van der Waals surface area contributed by atoms with Crippen LogP contribution in [0.3, 0.4) is 0 Å². The van der Waals surface area contributed by atoms with E-state index in [2.05, 4.69) is 21.2 Å². The zero-order chi connectivity index (χ0) is 28.2. The topological polar surface area (TPSA) is 119 Å². The number of fused-ring (bicyclic) bond motifs is 1. The van der Waals surface area contributed by atoms with Gasteiger partial charge in [0.1, 0.15) is 18.9 Å². The van der Waals surface area contributed by atoms with Crippen molar-refractivity contribution in [2.24, 2.45) is 0 Å². The molecule has 3 amide bonds. The molecule has 0 unspecified atom stereocenters. The van der Waals surface area contributed by atoms with Crippen LogP contribution in [-0.4, -0.2) is 33.4 Å². The molecule has 11 heteroatoms. The van der Waals surface area contributed by atoms with E-state index < -0.39 is 28.5 Å². The Kier molecular flexibility index (Phi) is 7.94. The number of nitro groups is 1. The summed E-state index contributed by atoms with van der Waals surface area (Å²) >= 11 is 4.16. The zero-order valence-electron chi connectivity index (χ0n) is 20.7. The van der Waals surface area contributed by atoms with Gasteiger partial charge in [0, 0.05) is 33.2 Å². The minimum Gasteiger partial charge on any atom is -0.488 e. The summed E-state index contributed by atoms with van der Waals surface area (Å²) < 4.78 is 6.66. The summed E-state index contributed by atoms with van der Waals surface area (Å²) in [7, 11) is 0. The molecule has 0 aromatic heterocycles. The molecule has 40 heavy (non-hydrogen) atoms. The van der Waals surface area contributed by atoms with E-state index in [-0.39, 0.29) is 17.2 Å². The third-order valence-corrected chi connectivity index (χ3v) is 7.44. The quantitative estimate of drug-likeness (QED) is 0.132. The lowest BCUT2D eigenvalue weighted by Crippen LogP contribution is -2.36. The van der Waals surface area contributed by atoms with Gasteiger partial charge in [-0.3, -0.25) is 29.4 Å². The average Bonchev–Trinajstić information content (AvgIpc) is 3.20. The van der Waals surface area contributed by atoms with Crippen molar-refractivity contribution in [2.75, 3.05) is 11.9 Å². The summed E-state index contributed by atoms with van der Waals surface area (Å²) in [6.45, 7) is -0.288. The molecule has 0 bridgehead atoms. The van der Waals surface area contributed by atoms with Crippen LogP contribution in [0.15, 0.2) is 94.3 Å². The number of hydrogen-bond donors (Lipinski definition) is 1. The molecule has 1 heterocycles. The second-order valence-corrected chi connectivity index (χ2v) is 10.6. The first kappa shape index (κ1) is 27.1. The number of nitrogens with one attached hydrogen (secondary N) is 1. The number of anilines is 1. The Bertz CT molecular complexity index is 1680. The van der Waals surface area contributed by atoms with Gasteiger partial charge in [0.25, 0.3) is 16.8 Å². The van der Waals surface area contributed by atoms with E-state index in [1.807, 2.05) is 36.4 Å². The molecule has 1 aliphatic rings. The molecule has 1 N–H and O–H groups in total. The molecule has 0 radical (unpaired) electrons. The Balaban J connectivity index is 1.29. The number of rotatable bonds is 8. The van der Waals surface area contributed by atoms with Crippen LogP contribution in [0.5, 0.6) is 5.75 Å². The maximum Gasteiger partial charge on any atom is 0.294 e. The van der Waals surface area contributed by atoms with Gasteiger partial charge in [-0.1, -0.05) is 52.3 Å². The third kappa shape index (κ3) is 6.05. The number of nitrogens with zero attached hydrogens (tertiary/aromatic N) is 2. The zero-order valence-corrected chi connectivity index (χ0v) is 23.1. The Hall–Kier alpha value is -4.48. The lowest BCUT2D eigenvalue weighted by molar-refractivity contribution is -0.384. The number of ether oxygens (including phenoxy) is 1. The van der Waals surface area contributed by atoms with E-state index in [0.717, 1.165) is 37.5 Å². The molecule has 9 nitrogen and oxygen atoms in total. The minimum absolute atomic E-state index is 0.0189. The van der Waals surface area contributed by atoms with E-state index >= 15 is 0 Å². The molecule has 4 aromatic carbocycles. The number of amides is 3. The second kappa shape index (κ2) is 11.7. The Morgan fingerprint density at radius 2 is 1.77 bits per heavy atom. The number of hydrogen-bond acceptors (Lipinski definition) is 7. The number of carbonyl (C=O) groups is 3. The highest BCUT2D eigenvalue weighted by Gasteiger charge is 2.36. The van der Waals surface area contributed by atoms with Crippen molar-refractivity contribution >= 4 is 73.0 Å². The number of halogens is 1. The van der Waals surface area contributed by atoms with Gasteiger partial charge in [-0.05, 0) is 65.2 Å². The van der Waals surface area contributed by atoms with Crippen molar-refractivity contribution in [3.05, 3.63) is 116 Å². The molecule has 4 aromatic rings. The smallest absolute Gasteiger partial charge is 0.294 e. The highest BCUT2D eigenvalue weighted by Crippen LogP contribution is 2.35. The van der Waals surface area contributed by atoms with Crippen LogP contribution in [0.4, 0.5) is 16.2 Å². The van der Waals surface area contributed by atoms with E-state index in [9.17, 15) is 24.5 Å². The Morgan fingerprint density at radius 3 is 2.55 bits per heavy atom. The van der Waals surface area contributed by atoms with Crippen LogP contribution in [0.2, 0.25) is 0 Å². The van der Waals surface area contributed by atoms with Crippen LogP contribution in [0, 0.1) is 10.1 Å². The first-order valence-corrected chi connectivity index (χ1v) is 13.6. The fourth-order valence-corrected chi connectivity index (χ4v) is 5.29. The Labute approximate surface area is 241 Å². The van der Waals surface area contributed by atoms with Gasteiger partial charge in [0.05, 0.1) is 9.83 Å². The van der Waals surface area contributed by atoms with Gasteiger partial charge in [-0.15, -0.1) is 0 Å². The standard InChI is InChI=1S/C29H20BrN3O6S/c30-21-10-13-25(39-17-18-8-11-22(12-9-18)33(37)38)20(14-21)15-26-28(35)32(29(36)40-26)16-27(34)31-24-7-3-5-19-4-1-2-6-23(19)24/h1-15H,16-17H2,(H,31,34)/b26-15-. The van der Waals surface area contributed by atoms with E-state index in [1.54, 1.807) is 42.5 Å². The molecule has 0 atom stereocenters. The molecule has 0 saturated carbocycles.